The Bertz CT molecular complexity index is 743. The highest BCUT2D eigenvalue weighted by Crippen LogP contribution is 2.33. The lowest BCUT2D eigenvalue weighted by atomic mass is 10.2. The van der Waals surface area contributed by atoms with Gasteiger partial charge in [0.05, 0.1) is 11.7 Å². The van der Waals surface area contributed by atoms with Crippen LogP contribution in [-0.2, 0) is 0 Å². The summed E-state index contributed by atoms with van der Waals surface area (Å²) < 4.78 is 5.60. The molecule has 2 aromatic carbocycles. The molecule has 0 radical (unpaired) electrons. The largest absolute Gasteiger partial charge is 0.504 e. The molecule has 4 heteroatoms. The van der Waals surface area contributed by atoms with Crippen LogP contribution in [0.3, 0.4) is 0 Å². The molecule has 0 spiro atoms. The van der Waals surface area contributed by atoms with Gasteiger partial charge >= 0.3 is 0 Å². The van der Waals surface area contributed by atoms with Crippen LogP contribution in [0, 0.1) is 0 Å². The number of halogens is 1. The lowest BCUT2D eigenvalue weighted by Crippen LogP contribution is -1.87. The maximum Gasteiger partial charge on any atom is 0.170 e. The summed E-state index contributed by atoms with van der Waals surface area (Å²) in [5.41, 5.74) is 0.894. The third-order valence-corrected chi connectivity index (χ3v) is 2.95. The van der Waals surface area contributed by atoms with Gasteiger partial charge in [0.15, 0.2) is 11.5 Å². The van der Waals surface area contributed by atoms with Crippen LogP contribution >= 0.6 is 11.6 Å². The normalized spacial score (nSPS) is 10.6. The van der Waals surface area contributed by atoms with Crippen LogP contribution in [0.15, 0.2) is 54.7 Å². The summed E-state index contributed by atoms with van der Waals surface area (Å²) in [6.07, 6.45) is 1.61. The number of hydrogen-bond acceptors (Lipinski definition) is 3. The predicted molar refractivity (Wildman–Crippen MR) is 74.9 cm³/mol. The van der Waals surface area contributed by atoms with Crippen molar-refractivity contribution in [2.75, 3.05) is 0 Å². The van der Waals surface area contributed by atoms with Crippen molar-refractivity contribution >= 4 is 22.5 Å². The van der Waals surface area contributed by atoms with Gasteiger partial charge in [-0.15, -0.1) is 0 Å². The summed E-state index contributed by atoms with van der Waals surface area (Å²) in [6.45, 7) is 0. The fourth-order valence-corrected chi connectivity index (χ4v) is 1.97. The fourth-order valence-electron chi connectivity index (χ4n) is 1.80. The number of phenols is 1. The standard InChI is InChI=1S/C15H10ClNO2/c16-11-5-6-14(18)15(8-11)19-12-7-10-3-1-2-4-13(10)17-9-12/h1-9,18H. The first-order chi connectivity index (χ1) is 9.22. The second-order valence-corrected chi connectivity index (χ2v) is 4.51. The maximum absolute atomic E-state index is 9.71. The number of pyridine rings is 1. The SMILES string of the molecule is Oc1ccc(Cl)cc1Oc1cnc2ccccc2c1. The van der Waals surface area contributed by atoms with E-state index in [1.54, 1.807) is 18.3 Å². The first-order valence-corrected chi connectivity index (χ1v) is 6.11. The Balaban J connectivity index is 1.98. The van der Waals surface area contributed by atoms with Gasteiger partial charge in [-0.05, 0) is 24.3 Å². The minimum Gasteiger partial charge on any atom is -0.504 e. The fraction of sp³-hybridized carbons (Fsp3) is 0. The Hall–Kier alpha value is -2.26. The van der Waals surface area contributed by atoms with Crippen molar-refractivity contribution in [2.24, 2.45) is 0 Å². The molecular weight excluding hydrogens is 262 g/mol. The summed E-state index contributed by atoms with van der Waals surface area (Å²) in [7, 11) is 0. The molecule has 3 rings (SSSR count). The first-order valence-electron chi connectivity index (χ1n) is 5.73. The molecule has 0 amide bonds. The third kappa shape index (κ3) is 2.46. The third-order valence-electron chi connectivity index (χ3n) is 2.72. The summed E-state index contributed by atoms with van der Waals surface area (Å²) in [4.78, 5) is 4.29. The van der Waals surface area contributed by atoms with Gasteiger partial charge in [-0.25, -0.2) is 0 Å². The molecule has 0 bridgehead atoms. The lowest BCUT2D eigenvalue weighted by molar-refractivity contribution is 0.411. The molecule has 3 aromatic rings. The van der Waals surface area contributed by atoms with E-state index in [4.69, 9.17) is 16.3 Å². The number of fused-ring (bicyclic) bond motifs is 1. The van der Waals surface area contributed by atoms with Crippen LogP contribution < -0.4 is 4.74 Å². The van der Waals surface area contributed by atoms with Gasteiger partial charge in [-0.3, -0.25) is 4.98 Å². The number of benzene rings is 2. The van der Waals surface area contributed by atoms with E-state index in [0.717, 1.165) is 10.9 Å². The number of aromatic nitrogens is 1. The van der Waals surface area contributed by atoms with Gasteiger partial charge in [0.2, 0.25) is 0 Å². The molecule has 1 heterocycles. The zero-order valence-corrected chi connectivity index (χ0v) is 10.6. The van der Waals surface area contributed by atoms with E-state index < -0.39 is 0 Å². The zero-order chi connectivity index (χ0) is 13.2. The predicted octanol–water partition coefficient (Wildman–Crippen LogP) is 4.39. The number of aromatic hydroxyl groups is 1. The van der Waals surface area contributed by atoms with Gasteiger partial charge in [-0.1, -0.05) is 29.8 Å². The molecule has 0 saturated heterocycles. The van der Waals surface area contributed by atoms with E-state index in [1.807, 2.05) is 30.3 Å². The van der Waals surface area contributed by atoms with Crippen molar-refractivity contribution in [1.29, 1.82) is 0 Å². The lowest BCUT2D eigenvalue weighted by Gasteiger charge is -2.08. The topological polar surface area (TPSA) is 42.4 Å². The smallest absolute Gasteiger partial charge is 0.170 e. The van der Waals surface area contributed by atoms with Gasteiger partial charge < -0.3 is 9.84 Å². The van der Waals surface area contributed by atoms with Gasteiger partial charge in [0.25, 0.3) is 0 Å². The van der Waals surface area contributed by atoms with Crippen molar-refractivity contribution in [2.45, 2.75) is 0 Å². The van der Waals surface area contributed by atoms with Gasteiger partial charge in [-0.2, -0.15) is 0 Å². The van der Waals surface area contributed by atoms with Crippen molar-refractivity contribution in [3.05, 3.63) is 59.8 Å². The average Bonchev–Trinajstić information content (AvgIpc) is 2.43. The second kappa shape index (κ2) is 4.78. The highest BCUT2D eigenvalue weighted by molar-refractivity contribution is 6.30. The number of rotatable bonds is 2. The molecular formula is C15H10ClNO2. The van der Waals surface area contributed by atoms with Crippen LogP contribution in [0.5, 0.6) is 17.2 Å². The maximum atomic E-state index is 9.71. The van der Waals surface area contributed by atoms with E-state index in [9.17, 15) is 5.11 Å². The van der Waals surface area contributed by atoms with Crippen molar-refractivity contribution in [3.8, 4) is 17.2 Å². The Morgan fingerprint density at radius 2 is 1.89 bits per heavy atom. The number of hydrogen-bond donors (Lipinski definition) is 1. The molecule has 0 unspecified atom stereocenters. The number of phenolic OH excluding ortho intramolecular Hbond substituents is 1. The molecule has 0 atom stereocenters. The molecule has 0 aliphatic carbocycles. The monoisotopic (exact) mass is 271 g/mol. The van der Waals surface area contributed by atoms with Crippen LogP contribution in [0.25, 0.3) is 10.9 Å². The quantitative estimate of drug-likeness (QED) is 0.752. The first kappa shape index (κ1) is 11.8. The molecule has 0 aliphatic rings. The molecule has 0 saturated carbocycles. The molecule has 1 N–H and O–H groups in total. The Labute approximate surface area is 115 Å². The van der Waals surface area contributed by atoms with E-state index in [-0.39, 0.29) is 5.75 Å². The van der Waals surface area contributed by atoms with E-state index >= 15 is 0 Å². The molecule has 0 fully saturated rings. The minimum atomic E-state index is 0.0394. The Kier molecular flexibility index (Phi) is 2.97. The molecule has 94 valence electrons. The van der Waals surface area contributed by atoms with Crippen LogP contribution in [0.1, 0.15) is 0 Å². The summed E-state index contributed by atoms with van der Waals surface area (Å²) >= 11 is 5.87. The van der Waals surface area contributed by atoms with E-state index in [1.165, 1.54) is 6.07 Å². The average molecular weight is 272 g/mol. The van der Waals surface area contributed by atoms with Crippen molar-refractivity contribution in [3.63, 3.8) is 0 Å². The number of para-hydroxylation sites is 1. The highest BCUT2D eigenvalue weighted by atomic mass is 35.5. The Morgan fingerprint density at radius 3 is 2.79 bits per heavy atom. The van der Waals surface area contributed by atoms with Gasteiger partial charge in [0.1, 0.15) is 5.75 Å². The number of nitrogens with zero attached hydrogens (tertiary/aromatic N) is 1. The summed E-state index contributed by atoms with van der Waals surface area (Å²) in [5, 5.41) is 11.2. The zero-order valence-electron chi connectivity index (χ0n) is 9.88. The van der Waals surface area contributed by atoms with Crippen LogP contribution in [0.4, 0.5) is 0 Å². The Morgan fingerprint density at radius 1 is 1.05 bits per heavy atom. The molecule has 0 aliphatic heterocycles. The molecule has 1 aromatic heterocycles. The van der Waals surface area contributed by atoms with Crippen LogP contribution in [0.2, 0.25) is 5.02 Å². The highest BCUT2D eigenvalue weighted by Gasteiger charge is 2.06. The van der Waals surface area contributed by atoms with Crippen LogP contribution in [-0.4, -0.2) is 10.1 Å². The van der Waals surface area contributed by atoms with Crippen molar-refractivity contribution in [1.82, 2.24) is 4.98 Å². The molecule has 3 nitrogen and oxygen atoms in total. The summed E-state index contributed by atoms with van der Waals surface area (Å²) in [6, 6.07) is 14.3. The second-order valence-electron chi connectivity index (χ2n) is 4.08. The molecule has 19 heavy (non-hydrogen) atoms. The van der Waals surface area contributed by atoms with E-state index in [2.05, 4.69) is 4.98 Å². The summed E-state index contributed by atoms with van der Waals surface area (Å²) in [5.74, 6) is 0.901. The minimum absolute atomic E-state index is 0.0394. The number of ether oxygens (including phenoxy) is 1. The van der Waals surface area contributed by atoms with Gasteiger partial charge in [0, 0.05) is 16.5 Å². The van der Waals surface area contributed by atoms with Crippen molar-refractivity contribution < 1.29 is 9.84 Å². The van der Waals surface area contributed by atoms with E-state index in [0.29, 0.717) is 16.5 Å².